The van der Waals surface area contributed by atoms with E-state index in [1.165, 1.54) is 0 Å². The van der Waals surface area contributed by atoms with Gasteiger partial charge in [-0.2, -0.15) is 0 Å². The maximum Gasteiger partial charge on any atom is 0.335 e. The Morgan fingerprint density at radius 1 is 1.26 bits per heavy atom. The van der Waals surface area contributed by atoms with Crippen molar-refractivity contribution in [2.45, 2.75) is 39.9 Å². The zero-order chi connectivity index (χ0) is 17.4. The van der Waals surface area contributed by atoms with Crippen LogP contribution >= 0.6 is 23.2 Å². The lowest BCUT2D eigenvalue weighted by molar-refractivity contribution is -0.179. The molecule has 0 spiro atoms. The lowest BCUT2D eigenvalue weighted by Gasteiger charge is -2.19. The molecular formula is C17H22Cl2O4. The number of rotatable bonds is 9. The summed E-state index contributed by atoms with van der Waals surface area (Å²) in [6.45, 7) is 9.32. The number of aryl methyl sites for hydroxylation is 1. The summed E-state index contributed by atoms with van der Waals surface area (Å²) in [5.41, 5.74) is 1.33. The van der Waals surface area contributed by atoms with Crippen molar-refractivity contribution in [3.8, 4) is 5.75 Å². The number of benzene rings is 1. The summed E-state index contributed by atoms with van der Waals surface area (Å²) in [7, 11) is 0. The van der Waals surface area contributed by atoms with Crippen molar-refractivity contribution >= 4 is 29.2 Å². The summed E-state index contributed by atoms with van der Waals surface area (Å²) < 4.78 is 16.1. The van der Waals surface area contributed by atoms with Gasteiger partial charge in [0.05, 0.1) is 10.0 Å². The van der Waals surface area contributed by atoms with E-state index in [4.69, 9.17) is 37.4 Å². The minimum absolute atomic E-state index is 0.0145. The van der Waals surface area contributed by atoms with Crippen LogP contribution in [0.5, 0.6) is 5.75 Å². The predicted octanol–water partition coefficient (Wildman–Crippen LogP) is 4.81. The van der Waals surface area contributed by atoms with Crippen LogP contribution < -0.4 is 4.74 Å². The summed E-state index contributed by atoms with van der Waals surface area (Å²) in [6, 6.07) is 3.64. The maximum atomic E-state index is 11.6. The molecule has 128 valence electrons. The molecule has 0 saturated carbocycles. The maximum absolute atomic E-state index is 11.6. The Morgan fingerprint density at radius 3 is 2.35 bits per heavy atom. The summed E-state index contributed by atoms with van der Waals surface area (Å²) >= 11 is 12.4. The standard InChI is InChI=1S/C17H22Cl2O4/c1-5-7-12-8-13(18)16(14(19)9-12)22-10-15(21-6-2)23-17(20)11(3)4/h8-9,15H,3,5-7,10H2,1-2,4H3. The molecule has 0 saturated heterocycles. The van der Waals surface area contributed by atoms with E-state index in [1.807, 2.05) is 12.1 Å². The second kappa shape index (κ2) is 9.81. The highest BCUT2D eigenvalue weighted by molar-refractivity contribution is 6.37. The van der Waals surface area contributed by atoms with Crippen LogP contribution in [0.25, 0.3) is 0 Å². The molecule has 0 heterocycles. The van der Waals surface area contributed by atoms with Crippen LogP contribution in [0.4, 0.5) is 0 Å². The Hall–Kier alpha value is -1.23. The fourth-order valence-electron chi connectivity index (χ4n) is 1.86. The predicted molar refractivity (Wildman–Crippen MR) is 92.3 cm³/mol. The monoisotopic (exact) mass is 360 g/mol. The zero-order valence-corrected chi connectivity index (χ0v) is 15.2. The normalized spacial score (nSPS) is 11.9. The highest BCUT2D eigenvalue weighted by Gasteiger charge is 2.18. The fourth-order valence-corrected chi connectivity index (χ4v) is 2.50. The summed E-state index contributed by atoms with van der Waals surface area (Å²) in [5.74, 6) is -0.188. The Balaban J connectivity index is 2.77. The molecule has 1 atom stereocenters. The first-order valence-corrected chi connectivity index (χ1v) is 8.23. The van der Waals surface area contributed by atoms with Crippen molar-refractivity contribution in [2.75, 3.05) is 13.2 Å². The van der Waals surface area contributed by atoms with Gasteiger partial charge in [0.2, 0.25) is 6.29 Å². The number of carbonyl (C=O) groups is 1. The number of hydrogen-bond acceptors (Lipinski definition) is 4. The van der Waals surface area contributed by atoms with Crippen LogP contribution in [0.15, 0.2) is 24.3 Å². The highest BCUT2D eigenvalue weighted by Crippen LogP contribution is 2.34. The van der Waals surface area contributed by atoms with E-state index in [1.54, 1.807) is 13.8 Å². The Bertz CT molecular complexity index is 535. The smallest absolute Gasteiger partial charge is 0.335 e. The Morgan fingerprint density at radius 2 is 1.87 bits per heavy atom. The molecule has 4 nitrogen and oxygen atoms in total. The quantitative estimate of drug-likeness (QED) is 0.360. The molecule has 0 aromatic heterocycles. The first-order chi connectivity index (χ1) is 10.9. The molecule has 0 aliphatic carbocycles. The Kier molecular flexibility index (Phi) is 8.45. The average Bonchev–Trinajstić information content (AvgIpc) is 2.46. The van der Waals surface area contributed by atoms with Gasteiger partial charge in [0.25, 0.3) is 0 Å². The molecule has 0 aliphatic heterocycles. The SMILES string of the molecule is C=C(C)C(=O)OC(COc1c(Cl)cc(CCC)cc1Cl)OCC. The molecule has 0 aliphatic rings. The molecule has 23 heavy (non-hydrogen) atoms. The minimum Gasteiger partial charge on any atom is -0.484 e. The van der Waals surface area contributed by atoms with Crippen LogP contribution in [0.3, 0.4) is 0 Å². The van der Waals surface area contributed by atoms with E-state index < -0.39 is 12.3 Å². The van der Waals surface area contributed by atoms with Crippen LogP contribution in [0, 0.1) is 0 Å². The molecular weight excluding hydrogens is 339 g/mol. The van der Waals surface area contributed by atoms with E-state index in [0.717, 1.165) is 18.4 Å². The lowest BCUT2D eigenvalue weighted by atomic mass is 10.1. The van der Waals surface area contributed by atoms with E-state index >= 15 is 0 Å². The molecule has 0 amide bonds. The number of esters is 1. The second-order valence-corrected chi connectivity index (χ2v) is 5.83. The van der Waals surface area contributed by atoms with Gasteiger partial charge in [0.15, 0.2) is 12.4 Å². The lowest BCUT2D eigenvalue weighted by Crippen LogP contribution is -2.28. The molecule has 0 radical (unpaired) electrons. The van der Waals surface area contributed by atoms with Crippen molar-refractivity contribution in [2.24, 2.45) is 0 Å². The highest BCUT2D eigenvalue weighted by atomic mass is 35.5. The third-order valence-corrected chi connectivity index (χ3v) is 3.46. The third kappa shape index (κ3) is 6.42. The molecule has 0 N–H and O–H groups in total. The van der Waals surface area contributed by atoms with Gasteiger partial charge in [-0.05, 0) is 38.0 Å². The van der Waals surface area contributed by atoms with Gasteiger partial charge in [-0.1, -0.05) is 43.1 Å². The number of ether oxygens (including phenoxy) is 3. The summed E-state index contributed by atoms with van der Waals surface area (Å²) in [4.78, 5) is 11.6. The van der Waals surface area contributed by atoms with Crippen molar-refractivity contribution in [1.82, 2.24) is 0 Å². The largest absolute Gasteiger partial charge is 0.484 e. The zero-order valence-electron chi connectivity index (χ0n) is 13.7. The number of hydrogen-bond donors (Lipinski definition) is 0. The van der Waals surface area contributed by atoms with Crippen molar-refractivity contribution in [1.29, 1.82) is 0 Å². The average molecular weight is 361 g/mol. The van der Waals surface area contributed by atoms with Crippen molar-refractivity contribution < 1.29 is 19.0 Å². The topological polar surface area (TPSA) is 44.8 Å². The molecule has 0 bridgehead atoms. The van der Waals surface area contributed by atoms with Gasteiger partial charge in [-0.3, -0.25) is 0 Å². The molecule has 1 aromatic carbocycles. The van der Waals surface area contributed by atoms with E-state index in [-0.39, 0.29) is 12.2 Å². The van der Waals surface area contributed by atoms with E-state index in [9.17, 15) is 4.79 Å². The van der Waals surface area contributed by atoms with Gasteiger partial charge in [0, 0.05) is 12.2 Å². The van der Waals surface area contributed by atoms with Gasteiger partial charge in [-0.25, -0.2) is 4.79 Å². The van der Waals surface area contributed by atoms with Gasteiger partial charge in [-0.15, -0.1) is 0 Å². The Labute approximate surface area is 147 Å². The first-order valence-electron chi connectivity index (χ1n) is 7.47. The van der Waals surface area contributed by atoms with Crippen LogP contribution in [0.1, 0.15) is 32.8 Å². The van der Waals surface area contributed by atoms with Crippen LogP contribution in [0.2, 0.25) is 10.0 Å². The fraction of sp³-hybridized carbons (Fsp3) is 0.471. The molecule has 1 rings (SSSR count). The second-order valence-electron chi connectivity index (χ2n) is 5.02. The van der Waals surface area contributed by atoms with E-state index in [0.29, 0.717) is 22.4 Å². The summed E-state index contributed by atoms with van der Waals surface area (Å²) in [5, 5.41) is 0.838. The third-order valence-electron chi connectivity index (χ3n) is 2.90. The minimum atomic E-state index is -0.855. The number of carbonyl (C=O) groups excluding carboxylic acids is 1. The molecule has 1 aromatic rings. The van der Waals surface area contributed by atoms with Gasteiger partial charge in [0.1, 0.15) is 0 Å². The molecule has 6 heteroatoms. The van der Waals surface area contributed by atoms with Gasteiger partial charge >= 0.3 is 5.97 Å². The molecule has 0 fully saturated rings. The number of halogens is 2. The molecule has 1 unspecified atom stereocenters. The van der Waals surface area contributed by atoms with Gasteiger partial charge < -0.3 is 14.2 Å². The van der Waals surface area contributed by atoms with Crippen LogP contribution in [-0.4, -0.2) is 25.5 Å². The van der Waals surface area contributed by atoms with E-state index in [2.05, 4.69) is 13.5 Å². The van der Waals surface area contributed by atoms with Crippen molar-refractivity contribution in [3.63, 3.8) is 0 Å². The first kappa shape index (κ1) is 19.8. The van der Waals surface area contributed by atoms with Crippen LogP contribution in [-0.2, 0) is 20.7 Å². The van der Waals surface area contributed by atoms with Crippen molar-refractivity contribution in [3.05, 3.63) is 39.9 Å². The summed E-state index contributed by atoms with van der Waals surface area (Å²) in [6.07, 6.45) is 1.03.